The summed E-state index contributed by atoms with van der Waals surface area (Å²) in [6.45, 7) is 2.09. The second kappa shape index (κ2) is 9.70. The Morgan fingerprint density at radius 1 is 1.04 bits per heavy atom. The predicted molar refractivity (Wildman–Crippen MR) is 111 cm³/mol. The summed E-state index contributed by atoms with van der Waals surface area (Å²) in [7, 11) is 1.49. The minimum Gasteiger partial charge on any atom is -0.375 e. The van der Waals surface area contributed by atoms with Crippen LogP contribution in [0.5, 0.6) is 0 Å². The highest BCUT2D eigenvalue weighted by Gasteiger charge is 1.99. The zero-order valence-corrected chi connectivity index (χ0v) is 17.2. The van der Waals surface area contributed by atoms with Crippen molar-refractivity contribution in [1.29, 1.82) is 0 Å². The summed E-state index contributed by atoms with van der Waals surface area (Å²) >= 11 is 6.95. The molecule has 0 radical (unpaired) electrons. The van der Waals surface area contributed by atoms with Gasteiger partial charge in [0, 0.05) is 21.7 Å². The van der Waals surface area contributed by atoms with Gasteiger partial charge in [0.15, 0.2) is 0 Å². The van der Waals surface area contributed by atoms with E-state index in [2.05, 4.69) is 66.2 Å². The molecule has 0 saturated heterocycles. The molecule has 0 aliphatic rings. The fraction of sp³-hybridized carbons (Fsp3) is 0.150. The summed E-state index contributed by atoms with van der Waals surface area (Å²) in [5.41, 5.74) is 1.97. The molecule has 3 aromatic rings. The molecule has 0 atom stereocenters. The average Bonchev–Trinajstić information content (AvgIpc) is 2.58. The Kier molecular flexibility index (Phi) is 7.62. The highest BCUT2D eigenvalue weighted by molar-refractivity contribution is 9.11. The number of hydrogen-bond acceptors (Lipinski definition) is 2. The van der Waals surface area contributed by atoms with Gasteiger partial charge >= 0.3 is 0 Å². The van der Waals surface area contributed by atoms with E-state index in [1.165, 1.54) is 23.4 Å². The molecule has 130 valence electrons. The Morgan fingerprint density at radius 3 is 2.44 bits per heavy atom. The van der Waals surface area contributed by atoms with Gasteiger partial charge in [-0.1, -0.05) is 67.8 Å². The molecular weight excluding hydrogens is 446 g/mol. The molecule has 1 N–H and O–H groups in total. The number of carbonyl (C=O) groups excluding carboxylic acids is 1. The Hall–Kier alpha value is -1.69. The lowest BCUT2D eigenvalue weighted by Gasteiger charge is -2.03. The molecule has 5 heteroatoms. The van der Waals surface area contributed by atoms with E-state index in [0.29, 0.717) is 0 Å². The first kappa shape index (κ1) is 19.6. The van der Waals surface area contributed by atoms with Crippen LogP contribution in [0.2, 0.25) is 0 Å². The maximum absolute atomic E-state index is 11.1. The van der Waals surface area contributed by atoms with E-state index in [4.69, 9.17) is 0 Å². The van der Waals surface area contributed by atoms with Crippen molar-refractivity contribution in [2.24, 2.45) is 0 Å². The van der Waals surface area contributed by atoms with Crippen LogP contribution in [0.1, 0.15) is 5.56 Å². The number of amides is 1. The second-order valence-electron chi connectivity index (χ2n) is 5.45. The van der Waals surface area contributed by atoms with Crippen molar-refractivity contribution in [2.75, 3.05) is 19.0 Å². The standard InChI is InChI=1S/C10H6Br2.C10H13NO2/c11-8-4-5-9-7(6-8)2-1-3-10(9)12;1-8-3-5-9(6-4-8)11-10(12)7-13-2/h1-6H;3-6H,7H2,1-2H3,(H,11,12). The number of aryl methyl sites for hydroxylation is 1. The molecule has 3 aromatic carbocycles. The fourth-order valence-corrected chi connectivity index (χ4v) is 3.07. The molecule has 0 aromatic heterocycles. The summed E-state index contributed by atoms with van der Waals surface area (Å²) < 4.78 is 6.95. The van der Waals surface area contributed by atoms with Crippen molar-refractivity contribution in [3.05, 3.63) is 75.2 Å². The average molecular weight is 465 g/mol. The smallest absolute Gasteiger partial charge is 0.250 e. The van der Waals surface area contributed by atoms with Gasteiger partial charge in [-0.3, -0.25) is 4.79 Å². The first-order chi connectivity index (χ1) is 12.0. The van der Waals surface area contributed by atoms with Gasteiger partial charge in [-0.25, -0.2) is 0 Å². The number of halogens is 2. The molecule has 3 nitrogen and oxygen atoms in total. The number of benzene rings is 3. The molecule has 0 aliphatic carbocycles. The van der Waals surface area contributed by atoms with Crippen molar-refractivity contribution in [3.8, 4) is 0 Å². The van der Waals surface area contributed by atoms with Crippen molar-refractivity contribution >= 4 is 54.2 Å². The minimum atomic E-state index is -0.133. The molecule has 1 amide bonds. The highest BCUT2D eigenvalue weighted by Crippen LogP contribution is 2.26. The van der Waals surface area contributed by atoms with Crippen LogP contribution in [0, 0.1) is 6.92 Å². The SMILES string of the molecule is Brc1ccc2c(Br)cccc2c1.COCC(=O)Nc1ccc(C)cc1. The number of rotatable bonds is 3. The van der Waals surface area contributed by atoms with E-state index in [1.54, 1.807) is 0 Å². The lowest BCUT2D eigenvalue weighted by molar-refractivity contribution is -0.119. The van der Waals surface area contributed by atoms with Gasteiger partial charge < -0.3 is 10.1 Å². The molecule has 3 rings (SSSR count). The van der Waals surface area contributed by atoms with E-state index in [-0.39, 0.29) is 12.5 Å². The molecule has 0 unspecified atom stereocenters. The van der Waals surface area contributed by atoms with Gasteiger partial charge in [-0.15, -0.1) is 0 Å². The molecule has 25 heavy (non-hydrogen) atoms. The Bertz CT molecular complexity index is 848. The Labute approximate surface area is 164 Å². The van der Waals surface area contributed by atoms with E-state index >= 15 is 0 Å². The lowest BCUT2D eigenvalue weighted by atomic mass is 10.1. The van der Waals surface area contributed by atoms with Crippen molar-refractivity contribution in [1.82, 2.24) is 0 Å². The molecule has 0 saturated carbocycles. The third kappa shape index (κ3) is 6.27. The number of nitrogens with one attached hydrogen (secondary N) is 1. The zero-order valence-electron chi connectivity index (χ0n) is 14.1. The summed E-state index contributed by atoms with van der Waals surface area (Å²) in [6, 6.07) is 20.1. The third-order valence-electron chi connectivity index (χ3n) is 3.40. The molecule has 0 spiro atoms. The monoisotopic (exact) mass is 463 g/mol. The Morgan fingerprint density at radius 2 is 1.76 bits per heavy atom. The molecule has 0 fully saturated rings. The summed E-state index contributed by atoms with van der Waals surface area (Å²) in [4.78, 5) is 11.1. The van der Waals surface area contributed by atoms with Gasteiger partial charge in [0.2, 0.25) is 5.91 Å². The maximum atomic E-state index is 11.1. The lowest BCUT2D eigenvalue weighted by Crippen LogP contribution is -2.16. The second-order valence-corrected chi connectivity index (χ2v) is 7.22. The van der Waals surface area contributed by atoms with Gasteiger partial charge in [0.25, 0.3) is 0 Å². The van der Waals surface area contributed by atoms with Crippen molar-refractivity contribution in [3.63, 3.8) is 0 Å². The molecule has 0 bridgehead atoms. The van der Waals surface area contributed by atoms with Crippen LogP contribution in [0.3, 0.4) is 0 Å². The van der Waals surface area contributed by atoms with Crippen LogP contribution in [0.15, 0.2) is 69.6 Å². The largest absolute Gasteiger partial charge is 0.375 e. The van der Waals surface area contributed by atoms with Crippen LogP contribution in [0.25, 0.3) is 10.8 Å². The molecule has 0 heterocycles. The van der Waals surface area contributed by atoms with Crippen LogP contribution < -0.4 is 5.32 Å². The normalized spacial score (nSPS) is 10.1. The van der Waals surface area contributed by atoms with Gasteiger partial charge in [-0.2, -0.15) is 0 Å². The zero-order chi connectivity index (χ0) is 18.2. The van der Waals surface area contributed by atoms with Crippen LogP contribution in [-0.4, -0.2) is 19.6 Å². The number of methoxy groups -OCH3 is 1. The molecular formula is C20H19Br2NO2. The number of ether oxygens (including phenoxy) is 1. The van der Waals surface area contributed by atoms with Crippen LogP contribution in [-0.2, 0) is 9.53 Å². The number of carbonyl (C=O) groups is 1. The maximum Gasteiger partial charge on any atom is 0.250 e. The van der Waals surface area contributed by atoms with E-state index in [1.807, 2.05) is 43.3 Å². The predicted octanol–water partition coefficient (Wildman–Crippen LogP) is 5.94. The van der Waals surface area contributed by atoms with E-state index in [0.717, 1.165) is 14.6 Å². The minimum absolute atomic E-state index is 0.0911. The van der Waals surface area contributed by atoms with Crippen molar-refractivity contribution in [2.45, 2.75) is 6.92 Å². The fourth-order valence-electron chi connectivity index (χ4n) is 2.18. The first-order valence-corrected chi connectivity index (χ1v) is 9.27. The third-order valence-corrected chi connectivity index (χ3v) is 4.58. The van der Waals surface area contributed by atoms with Gasteiger partial charge in [0.1, 0.15) is 6.61 Å². The van der Waals surface area contributed by atoms with Crippen molar-refractivity contribution < 1.29 is 9.53 Å². The molecule has 0 aliphatic heterocycles. The summed E-state index contributed by atoms with van der Waals surface area (Å²) in [5, 5.41) is 5.21. The first-order valence-electron chi connectivity index (χ1n) is 7.69. The van der Waals surface area contributed by atoms with Gasteiger partial charge in [0.05, 0.1) is 0 Å². The van der Waals surface area contributed by atoms with Crippen LogP contribution >= 0.6 is 31.9 Å². The summed E-state index contributed by atoms with van der Waals surface area (Å²) in [6.07, 6.45) is 0. The quantitative estimate of drug-likeness (QED) is 0.520. The van der Waals surface area contributed by atoms with Crippen LogP contribution in [0.4, 0.5) is 5.69 Å². The summed E-state index contributed by atoms with van der Waals surface area (Å²) in [5.74, 6) is -0.133. The topological polar surface area (TPSA) is 38.3 Å². The Balaban J connectivity index is 0.000000181. The highest BCUT2D eigenvalue weighted by atomic mass is 79.9. The number of anilines is 1. The van der Waals surface area contributed by atoms with Gasteiger partial charge in [-0.05, 0) is 48.0 Å². The van der Waals surface area contributed by atoms with E-state index in [9.17, 15) is 4.79 Å². The number of fused-ring (bicyclic) bond motifs is 1. The van der Waals surface area contributed by atoms with E-state index < -0.39 is 0 Å². The number of hydrogen-bond donors (Lipinski definition) is 1.